The van der Waals surface area contributed by atoms with Crippen LogP contribution < -0.4 is 0 Å². The maximum Gasteiger partial charge on any atom is 0.0104 e. The molecule has 0 unspecified atom stereocenters. The SMILES string of the molecule is C[C@@H](CC(c1ccccc1)c1ccccc1)N1CCCCC1. The third kappa shape index (κ3) is 3.78. The summed E-state index contributed by atoms with van der Waals surface area (Å²) >= 11 is 0. The summed E-state index contributed by atoms with van der Waals surface area (Å²) < 4.78 is 0. The van der Waals surface area contributed by atoms with Gasteiger partial charge in [0, 0.05) is 12.0 Å². The van der Waals surface area contributed by atoms with Crippen LogP contribution in [0, 0.1) is 0 Å². The fraction of sp³-hybridized carbons (Fsp3) is 0.429. The summed E-state index contributed by atoms with van der Waals surface area (Å²) in [6.07, 6.45) is 5.34. The van der Waals surface area contributed by atoms with Crippen molar-refractivity contribution in [3.05, 3.63) is 71.8 Å². The van der Waals surface area contributed by atoms with Crippen molar-refractivity contribution in [1.29, 1.82) is 0 Å². The standard InChI is InChI=1S/C21H27N/c1-18(22-15-9-4-10-16-22)17-21(19-11-5-2-6-12-19)20-13-7-3-8-14-20/h2-3,5-8,11-14,18,21H,4,9-10,15-17H2,1H3/t18-/m0/s1. The van der Waals surface area contributed by atoms with Crippen LogP contribution in [0.4, 0.5) is 0 Å². The van der Waals surface area contributed by atoms with Gasteiger partial charge in [-0.2, -0.15) is 0 Å². The highest BCUT2D eigenvalue weighted by Crippen LogP contribution is 2.31. The second-order valence-corrected chi connectivity index (χ2v) is 6.56. The van der Waals surface area contributed by atoms with E-state index in [9.17, 15) is 0 Å². The minimum atomic E-state index is 0.499. The van der Waals surface area contributed by atoms with Crippen LogP contribution in [-0.4, -0.2) is 24.0 Å². The zero-order chi connectivity index (χ0) is 15.2. The van der Waals surface area contributed by atoms with Crippen LogP contribution in [0.25, 0.3) is 0 Å². The van der Waals surface area contributed by atoms with E-state index in [0.717, 1.165) is 0 Å². The Morgan fingerprint density at radius 3 is 1.77 bits per heavy atom. The highest BCUT2D eigenvalue weighted by Gasteiger charge is 2.22. The molecule has 2 aromatic carbocycles. The summed E-state index contributed by atoms with van der Waals surface area (Å²) in [6.45, 7) is 4.96. The van der Waals surface area contributed by atoms with E-state index in [2.05, 4.69) is 72.5 Å². The molecule has 0 amide bonds. The van der Waals surface area contributed by atoms with Crippen molar-refractivity contribution < 1.29 is 0 Å². The molecular weight excluding hydrogens is 266 g/mol. The van der Waals surface area contributed by atoms with Crippen molar-refractivity contribution in [2.75, 3.05) is 13.1 Å². The molecule has 0 N–H and O–H groups in total. The lowest BCUT2D eigenvalue weighted by Gasteiger charge is -2.34. The Kier molecular flexibility index (Phi) is 5.29. The van der Waals surface area contributed by atoms with Crippen LogP contribution in [0.3, 0.4) is 0 Å². The second-order valence-electron chi connectivity index (χ2n) is 6.56. The second kappa shape index (κ2) is 7.60. The summed E-state index contributed by atoms with van der Waals surface area (Å²) in [7, 11) is 0. The molecule has 1 saturated heterocycles. The molecule has 0 saturated carbocycles. The van der Waals surface area contributed by atoms with Gasteiger partial charge >= 0.3 is 0 Å². The van der Waals surface area contributed by atoms with E-state index >= 15 is 0 Å². The molecule has 1 heteroatoms. The number of likely N-dealkylation sites (tertiary alicyclic amines) is 1. The topological polar surface area (TPSA) is 3.24 Å². The molecule has 1 nitrogen and oxygen atoms in total. The molecule has 1 fully saturated rings. The monoisotopic (exact) mass is 293 g/mol. The Labute approximate surface area is 135 Å². The van der Waals surface area contributed by atoms with Gasteiger partial charge in [0.25, 0.3) is 0 Å². The molecule has 0 aliphatic carbocycles. The van der Waals surface area contributed by atoms with E-state index < -0.39 is 0 Å². The molecule has 1 aliphatic rings. The normalized spacial score (nSPS) is 17.5. The van der Waals surface area contributed by atoms with Gasteiger partial charge in [-0.1, -0.05) is 67.1 Å². The van der Waals surface area contributed by atoms with E-state index in [1.54, 1.807) is 0 Å². The van der Waals surface area contributed by atoms with E-state index in [1.807, 2.05) is 0 Å². The molecule has 22 heavy (non-hydrogen) atoms. The summed E-state index contributed by atoms with van der Waals surface area (Å²) in [5.41, 5.74) is 2.88. The Hall–Kier alpha value is -1.60. The maximum absolute atomic E-state index is 2.68. The minimum absolute atomic E-state index is 0.499. The number of nitrogens with zero attached hydrogens (tertiary/aromatic N) is 1. The van der Waals surface area contributed by atoms with Crippen molar-refractivity contribution in [2.45, 2.75) is 44.6 Å². The van der Waals surface area contributed by atoms with Gasteiger partial charge in [-0.05, 0) is 50.4 Å². The summed E-state index contributed by atoms with van der Waals surface area (Å²) in [6, 6.07) is 22.6. The van der Waals surface area contributed by atoms with Crippen molar-refractivity contribution in [2.24, 2.45) is 0 Å². The van der Waals surface area contributed by atoms with Gasteiger partial charge < -0.3 is 4.90 Å². The van der Waals surface area contributed by atoms with Crippen molar-refractivity contribution in [1.82, 2.24) is 4.90 Å². The average Bonchev–Trinajstić information content (AvgIpc) is 2.62. The Morgan fingerprint density at radius 2 is 1.27 bits per heavy atom. The van der Waals surface area contributed by atoms with Crippen molar-refractivity contribution in [3.63, 3.8) is 0 Å². The minimum Gasteiger partial charge on any atom is -0.301 e. The number of benzene rings is 2. The zero-order valence-corrected chi connectivity index (χ0v) is 13.6. The lowest BCUT2D eigenvalue weighted by Crippen LogP contribution is -2.38. The smallest absolute Gasteiger partial charge is 0.0104 e. The summed E-state index contributed by atoms with van der Waals surface area (Å²) in [5, 5.41) is 0. The van der Waals surface area contributed by atoms with Crippen LogP contribution in [0.5, 0.6) is 0 Å². The highest BCUT2D eigenvalue weighted by atomic mass is 15.1. The van der Waals surface area contributed by atoms with Gasteiger partial charge in [-0.15, -0.1) is 0 Å². The molecule has 1 atom stereocenters. The Balaban J connectivity index is 1.79. The fourth-order valence-electron chi connectivity index (χ4n) is 3.68. The van der Waals surface area contributed by atoms with Gasteiger partial charge in [0.1, 0.15) is 0 Å². The third-order valence-corrected chi connectivity index (χ3v) is 4.99. The Morgan fingerprint density at radius 1 is 0.773 bits per heavy atom. The van der Waals surface area contributed by atoms with Gasteiger partial charge in [0.05, 0.1) is 0 Å². The number of piperidine rings is 1. The molecule has 0 bridgehead atoms. The van der Waals surface area contributed by atoms with Crippen LogP contribution in [-0.2, 0) is 0 Å². The third-order valence-electron chi connectivity index (χ3n) is 4.99. The molecule has 1 heterocycles. The Bertz CT molecular complexity index is 503. The molecule has 3 rings (SSSR count). The van der Waals surface area contributed by atoms with E-state index in [1.165, 1.54) is 49.9 Å². The van der Waals surface area contributed by atoms with Gasteiger partial charge in [-0.3, -0.25) is 0 Å². The molecule has 0 radical (unpaired) electrons. The lowest BCUT2D eigenvalue weighted by molar-refractivity contribution is 0.163. The fourth-order valence-corrected chi connectivity index (χ4v) is 3.68. The number of hydrogen-bond donors (Lipinski definition) is 0. The summed E-state index contributed by atoms with van der Waals surface area (Å²) in [5.74, 6) is 0.499. The molecule has 116 valence electrons. The average molecular weight is 293 g/mol. The summed E-state index contributed by atoms with van der Waals surface area (Å²) in [4.78, 5) is 2.68. The maximum atomic E-state index is 2.68. The predicted molar refractivity (Wildman–Crippen MR) is 94.2 cm³/mol. The highest BCUT2D eigenvalue weighted by molar-refractivity contribution is 5.32. The predicted octanol–water partition coefficient (Wildman–Crippen LogP) is 5.08. The molecule has 0 spiro atoms. The molecule has 0 aromatic heterocycles. The van der Waals surface area contributed by atoms with Crippen molar-refractivity contribution in [3.8, 4) is 0 Å². The first kappa shape index (κ1) is 15.3. The van der Waals surface area contributed by atoms with E-state index in [0.29, 0.717) is 12.0 Å². The first-order valence-corrected chi connectivity index (χ1v) is 8.68. The van der Waals surface area contributed by atoms with Crippen LogP contribution in [0.1, 0.15) is 49.7 Å². The zero-order valence-electron chi connectivity index (χ0n) is 13.6. The first-order valence-electron chi connectivity index (χ1n) is 8.68. The quantitative estimate of drug-likeness (QED) is 0.743. The lowest BCUT2D eigenvalue weighted by atomic mass is 9.85. The largest absolute Gasteiger partial charge is 0.301 e. The van der Waals surface area contributed by atoms with Crippen molar-refractivity contribution >= 4 is 0 Å². The number of hydrogen-bond acceptors (Lipinski definition) is 1. The number of rotatable bonds is 5. The van der Waals surface area contributed by atoms with Gasteiger partial charge in [0.2, 0.25) is 0 Å². The molecule has 1 aliphatic heterocycles. The first-order chi connectivity index (χ1) is 10.8. The van der Waals surface area contributed by atoms with Crippen LogP contribution >= 0.6 is 0 Å². The van der Waals surface area contributed by atoms with Crippen LogP contribution in [0.2, 0.25) is 0 Å². The van der Waals surface area contributed by atoms with E-state index in [4.69, 9.17) is 0 Å². The van der Waals surface area contributed by atoms with Gasteiger partial charge in [-0.25, -0.2) is 0 Å². The van der Waals surface area contributed by atoms with Gasteiger partial charge in [0.15, 0.2) is 0 Å². The van der Waals surface area contributed by atoms with E-state index in [-0.39, 0.29) is 0 Å². The molecular formula is C21H27N. The van der Waals surface area contributed by atoms with Crippen LogP contribution in [0.15, 0.2) is 60.7 Å². The molecule has 2 aromatic rings.